The van der Waals surface area contributed by atoms with Crippen LogP contribution in [0.25, 0.3) is 0 Å². The van der Waals surface area contributed by atoms with Gasteiger partial charge in [0.05, 0.1) is 29.4 Å². The molecule has 6 nitrogen and oxygen atoms in total. The molecule has 0 unspecified atom stereocenters. The zero-order chi connectivity index (χ0) is 18.7. The highest BCUT2D eigenvalue weighted by atomic mass is 35.5. The van der Waals surface area contributed by atoms with E-state index in [-0.39, 0.29) is 12.0 Å². The summed E-state index contributed by atoms with van der Waals surface area (Å²) in [6.45, 7) is 2.94. The monoisotopic (exact) mass is 393 g/mol. The first kappa shape index (κ1) is 18.5. The summed E-state index contributed by atoms with van der Waals surface area (Å²) in [7, 11) is 0. The van der Waals surface area contributed by atoms with Crippen LogP contribution in [0.15, 0.2) is 30.6 Å². The standard InChI is InChI=1S/C18H17Cl2N3O3/c1-2-26-18(25)23-6-5-13-11(10-23)8-21-9-14(13)17(24)22-16-4-3-12(19)7-15(16)20/h3-4,7-9H,2,5-6,10H2,1H3,(H,22,24). The van der Waals surface area contributed by atoms with Crippen LogP contribution in [0, 0.1) is 0 Å². The third kappa shape index (κ3) is 3.92. The molecule has 2 amide bonds. The molecule has 1 aliphatic rings. The summed E-state index contributed by atoms with van der Waals surface area (Å²) in [5, 5.41) is 3.63. The fourth-order valence-electron chi connectivity index (χ4n) is 2.84. The van der Waals surface area contributed by atoms with E-state index in [9.17, 15) is 9.59 Å². The zero-order valence-electron chi connectivity index (χ0n) is 14.1. The number of aromatic nitrogens is 1. The summed E-state index contributed by atoms with van der Waals surface area (Å²) >= 11 is 12.0. The van der Waals surface area contributed by atoms with E-state index in [1.165, 1.54) is 6.20 Å². The molecule has 1 aliphatic heterocycles. The second-order valence-electron chi connectivity index (χ2n) is 5.77. The molecule has 0 saturated heterocycles. The first-order valence-corrected chi connectivity index (χ1v) is 8.89. The maximum absolute atomic E-state index is 12.7. The van der Waals surface area contributed by atoms with E-state index in [0.717, 1.165) is 11.1 Å². The van der Waals surface area contributed by atoms with Crippen LogP contribution in [0.3, 0.4) is 0 Å². The molecule has 136 valence electrons. The van der Waals surface area contributed by atoms with Crippen molar-refractivity contribution in [2.24, 2.45) is 0 Å². The fourth-order valence-corrected chi connectivity index (χ4v) is 3.30. The Morgan fingerprint density at radius 1 is 1.31 bits per heavy atom. The van der Waals surface area contributed by atoms with E-state index in [2.05, 4.69) is 10.3 Å². The largest absolute Gasteiger partial charge is 0.450 e. The van der Waals surface area contributed by atoms with Gasteiger partial charge in [0.2, 0.25) is 0 Å². The first-order valence-electron chi connectivity index (χ1n) is 8.13. The Hall–Kier alpha value is -2.31. The van der Waals surface area contributed by atoms with E-state index < -0.39 is 0 Å². The molecule has 0 atom stereocenters. The van der Waals surface area contributed by atoms with Crippen LogP contribution < -0.4 is 5.32 Å². The summed E-state index contributed by atoms with van der Waals surface area (Å²) in [4.78, 5) is 30.4. The molecule has 0 aliphatic carbocycles. The molecule has 2 aromatic rings. The predicted octanol–water partition coefficient (Wildman–Crippen LogP) is 4.16. The zero-order valence-corrected chi connectivity index (χ0v) is 15.6. The van der Waals surface area contributed by atoms with Crippen LogP contribution in [0.2, 0.25) is 10.0 Å². The molecular weight excluding hydrogens is 377 g/mol. The molecule has 1 aromatic heterocycles. The fraction of sp³-hybridized carbons (Fsp3) is 0.278. The Labute approximate surface area is 161 Å². The van der Waals surface area contributed by atoms with Gasteiger partial charge in [-0.1, -0.05) is 23.2 Å². The predicted molar refractivity (Wildman–Crippen MR) is 99.8 cm³/mol. The highest BCUT2D eigenvalue weighted by Gasteiger charge is 2.25. The van der Waals surface area contributed by atoms with Crippen molar-refractivity contribution >= 4 is 40.9 Å². The molecule has 0 spiro atoms. The molecule has 8 heteroatoms. The molecular formula is C18H17Cl2N3O3. The third-order valence-corrected chi connectivity index (χ3v) is 4.64. The number of carbonyl (C=O) groups excluding carboxylic acids is 2. The van der Waals surface area contributed by atoms with E-state index in [0.29, 0.717) is 47.4 Å². The topological polar surface area (TPSA) is 71.5 Å². The van der Waals surface area contributed by atoms with Crippen molar-refractivity contribution < 1.29 is 14.3 Å². The lowest BCUT2D eigenvalue weighted by Gasteiger charge is -2.28. The quantitative estimate of drug-likeness (QED) is 0.849. The Morgan fingerprint density at radius 3 is 2.85 bits per heavy atom. The maximum atomic E-state index is 12.7. The van der Waals surface area contributed by atoms with E-state index >= 15 is 0 Å². The van der Waals surface area contributed by atoms with Gasteiger partial charge < -0.3 is 15.0 Å². The SMILES string of the molecule is CCOC(=O)N1CCc2c(cncc2C(=O)Nc2ccc(Cl)cc2Cl)C1. The average molecular weight is 394 g/mol. The Kier molecular flexibility index (Phi) is 5.64. The summed E-state index contributed by atoms with van der Waals surface area (Å²) < 4.78 is 5.04. The molecule has 2 heterocycles. The Balaban J connectivity index is 1.81. The van der Waals surface area contributed by atoms with Crippen molar-refractivity contribution in [2.45, 2.75) is 19.9 Å². The minimum Gasteiger partial charge on any atom is -0.450 e. The summed E-state index contributed by atoms with van der Waals surface area (Å²) in [5.41, 5.74) is 2.65. The number of hydrogen-bond donors (Lipinski definition) is 1. The number of rotatable bonds is 3. The second-order valence-corrected chi connectivity index (χ2v) is 6.62. The number of halogens is 2. The lowest BCUT2D eigenvalue weighted by molar-refractivity contribution is 0.101. The van der Waals surface area contributed by atoms with Crippen LogP contribution >= 0.6 is 23.2 Å². The van der Waals surface area contributed by atoms with Crippen molar-refractivity contribution in [3.8, 4) is 0 Å². The molecule has 0 fully saturated rings. The van der Waals surface area contributed by atoms with E-state index in [4.69, 9.17) is 27.9 Å². The van der Waals surface area contributed by atoms with Crippen molar-refractivity contribution in [2.75, 3.05) is 18.5 Å². The number of benzene rings is 1. The number of pyridine rings is 1. The van der Waals surface area contributed by atoms with Gasteiger partial charge in [-0.15, -0.1) is 0 Å². The van der Waals surface area contributed by atoms with Gasteiger partial charge in [0, 0.05) is 24.0 Å². The molecule has 0 saturated carbocycles. The maximum Gasteiger partial charge on any atom is 0.410 e. The minimum absolute atomic E-state index is 0.303. The number of hydrogen-bond acceptors (Lipinski definition) is 4. The van der Waals surface area contributed by atoms with Gasteiger partial charge in [-0.2, -0.15) is 0 Å². The van der Waals surface area contributed by atoms with Gasteiger partial charge in [0.1, 0.15) is 0 Å². The average Bonchev–Trinajstić information content (AvgIpc) is 2.63. The normalized spacial score (nSPS) is 13.1. The summed E-state index contributed by atoms with van der Waals surface area (Å²) in [6, 6.07) is 4.86. The summed E-state index contributed by atoms with van der Waals surface area (Å²) in [6.07, 6.45) is 3.39. The number of ether oxygens (including phenoxy) is 1. The number of amides is 2. The number of fused-ring (bicyclic) bond motifs is 1. The Morgan fingerprint density at radius 2 is 2.12 bits per heavy atom. The number of carbonyl (C=O) groups is 2. The van der Waals surface area contributed by atoms with Gasteiger partial charge in [-0.3, -0.25) is 9.78 Å². The molecule has 1 N–H and O–H groups in total. The van der Waals surface area contributed by atoms with Crippen molar-refractivity contribution in [1.82, 2.24) is 9.88 Å². The van der Waals surface area contributed by atoms with Crippen LogP contribution in [0.1, 0.15) is 28.4 Å². The molecule has 0 radical (unpaired) electrons. The van der Waals surface area contributed by atoms with Crippen molar-refractivity contribution in [3.63, 3.8) is 0 Å². The van der Waals surface area contributed by atoms with Gasteiger partial charge in [0.15, 0.2) is 0 Å². The van der Waals surface area contributed by atoms with E-state index in [1.54, 1.807) is 36.2 Å². The third-order valence-electron chi connectivity index (χ3n) is 4.09. The van der Waals surface area contributed by atoms with Crippen LogP contribution in [0.5, 0.6) is 0 Å². The Bertz CT molecular complexity index is 858. The molecule has 1 aromatic carbocycles. The highest BCUT2D eigenvalue weighted by Crippen LogP contribution is 2.27. The highest BCUT2D eigenvalue weighted by molar-refractivity contribution is 6.36. The minimum atomic E-state index is -0.360. The summed E-state index contributed by atoms with van der Waals surface area (Å²) in [5.74, 6) is -0.303. The van der Waals surface area contributed by atoms with Gasteiger partial charge in [0.25, 0.3) is 5.91 Å². The lowest BCUT2D eigenvalue weighted by Crippen LogP contribution is -2.37. The number of anilines is 1. The van der Waals surface area contributed by atoms with Crippen molar-refractivity contribution in [1.29, 1.82) is 0 Å². The van der Waals surface area contributed by atoms with E-state index in [1.807, 2.05) is 0 Å². The molecule has 0 bridgehead atoms. The molecule has 26 heavy (non-hydrogen) atoms. The van der Waals surface area contributed by atoms with Crippen LogP contribution in [0.4, 0.5) is 10.5 Å². The lowest BCUT2D eigenvalue weighted by atomic mass is 9.97. The second kappa shape index (κ2) is 7.93. The van der Waals surface area contributed by atoms with Crippen molar-refractivity contribution in [3.05, 3.63) is 57.3 Å². The first-order chi connectivity index (χ1) is 12.5. The van der Waals surface area contributed by atoms with Crippen LogP contribution in [-0.2, 0) is 17.7 Å². The number of nitrogens with one attached hydrogen (secondary N) is 1. The van der Waals surface area contributed by atoms with Gasteiger partial charge >= 0.3 is 6.09 Å². The molecule has 3 rings (SSSR count). The van der Waals surface area contributed by atoms with Crippen LogP contribution in [-0.4, -0.2) is 35.0 Å². The van der Waals surface area contributed by atoms with Gasteiger partial charge in [-0.25, -0.2) is 4.79 Å². The van der Waals surface area contributed by atoms with Gasteiger partial charge in [-0.05, 0) is 42.7 Å². The smallest absolute Gasteiger partial charge is 0.410 e. The number of nitrogens with zero attached hydrogens (tertiary/aromatic N) is 2.